The number of fused-ring (bicyclic) bond motifs is 1. The number of nitrogens with one attached hydrogen (secondary N) is 1. The molecule has 3 aromatic rings. The SMILES string of the molecule is Cc1nn(C)c(Cl)c1C(=O)NCC(C)c1nc2ccccc2s1. The molecule has 1 amide bonds. The second-order valence-electron chi connectivity index (χ2n) is 5.51. The Labute approximate surface area is 143 Å². The predicted molar refractivity (Wildman–Crippen MR) is 93.3 cm³/mol. The molecule has 1 atom stereocenters. The summed E-state index contributed by atoms with van der Waals surface area (Å²) in [5.74, 6) is -0.0688. The van der Waals surface area contributed by atoms with Crippen LogP contribution in [0.2, 0.25) is 5.15 Å². The number of nitrogens with zero attached hydrogens (tertiary/aromatic N) is 3. The van der Waals surface area contributed by atoms with E-state index in [1.807, 2.05) is 18.2 Å². The van der Waals surface area contributed by atoms with Gasteiger partial charge in [-0.1, -0.05) is 30.7 Å². The fraction of sp³-hybridized carbons (Fsp3) is 0.312. The van der Waals surface area contributed by atoms with Gasteiger partial charge in [0.25, 0.3) is 5.91 Å². The van der Waals surface area contributed by atoms with Crippen molar-refractivity contribution >= 4 is 39.1 Å². The molecule has 5 nitrogen and oxygen atoms in total. The molecule has 1 N–H and O–H groups in total. The van der Waals surface area contributed by atoms with Crippen LogP contribution >= 0.6 is 22.9 Å². The third-order valence-corrected chi connectivity index (χ3v) is 5.38. The number of rotatable bonds is 4. The molecule has 3 rings (SSSR count). The number of carbonyl (C=O) groups is 1. The van der Waals surface area contributed by atoms with E-state index in [2.05, 4.69) is 28.4 Å². The number of amides is 1. The molecule has 2 heterocycles. The van der Waals surface area contributed by atoms with Crippen LogP contribution in [0.3, 0.4) is 0 Å². The molecule has 0 fully saturated rings. The third-order valence-electron chi connectivity index (χ3n) is 3.68. The number of thiazole rings is 1. The van der Waals surface area contributed by atoms with Crippen LogP contribution in [0.15, 0.2) is 24.3 Å². The van der Waals surface area contributed by atoms with Crippen LogP contribution in [0.1, 0.15) is 33.9 Å². The van der Waals surface area contributed by atoms with Gasteiger partial charge in [0.2, 0.25) is 0 Å². The van der Waals surface area contributed by atoms with Gasteiger partial charge in [0.05, 0.1) is 26.5 Å². The zero-order valence-electron chi connectivity index (χ0n) is 13.1. The number of carbonyl (C=O) groups excluding carboxylic acids is 1. The summed E-state index contributed by atoms with van der Waals surface area (Å²) in [4.78, 5) is 17.0. The topological polar surface area (TPSA) is 59.8 Å². The first-order valence-corrected chi connectivity index (χ1v) is 8.49. The number of aryl methyl sites for hydroxylation is 2. The molecular formula is C16H17ClN4OS. The molecule has 23 heavy (non-hydrogen) atoms. The van der Waals surface area contributed by atoms with Crippen molar-refractivity contribution < 1.29 is 4.79 Å². The summed E-state index contributed by atoms with van der Waals surface area (Å²) < 4.78 is 2.66. The van der Waals surface area contributed by atoms with Crippen LogP contribution in [0, 0.1) is 6.92 Å². The fourth-order valence-corrected chi connectivity index (χ4v) is 3.69. The largest absolute Gasteiger partial charge is 0.351 e. The van der Waals surface area contributed by atoms with E-state index in [1.54, 1.807) is 25.3 Å². The zero-order valence-corrected chi connectivity index (χ0v) is 14.7. The minimum Gasteiger partial charge on any atom is -0.351 e. The smallest absolute Gasteiger partial charge is 0.256 e. The van der Waals surface area contributed by atoms with E-state index >= 15 is 0 Å². The van der Waals surface area contributed by atoms with Crippen molar-refractivity contribution in [1.82, 2.24) is 20.1 Å². The Morgan fingerprint density at radius 3 is 2.83 bits per heavy atom. The Hall–Kier alpha value is -1.92. The first-order chi connectivity index (χ1) is 11.0. The maximum atomic E-state index is 12.3. The molecule has 1 unspecified atom stereocenters. The first-order valence-electron chi connectivity index (χ1n) is 7.30. The normalized spacial score (nSPS) is 12.5. The molecule has 0 saturated heterocycles. The Morgan fingerprint density at radius 2 is 2.17 bits per heavy atom. The molecule has 0 saturated carbocycles. The van der Waals surface area contributed by atoms with E-state index in [9.17, 15) is 4.79 Å². The van der Waals surface area contributed by atoms with Gasteiger partial charge in [0.15, 0.2) is 0 Å². The van der Waals surface area contributed by atoms with Crippen molar-refractivity contribution in [1.29, 1.82) is 0 Å². The third kappa shape index (κ3) is 3.09. The lowest BCUT2D eigenvalue weighted by atomic mass is 10.2. The van der Waals surface area contributed by atoms with E-state index < -0.39 is 0 Å². The van der Waals surface area contributed by atoms with Gasteiger partial charge in [-0.25, -0.2) is 4.98 Å². The van der Waals surface area contributed by atoms with Gasteiger partial charge in [0, 0.05) is 19.5 Å². The minimum absolute atomic E-state index is 0.132. The molecule has 0 aliphatic rings. The number of halogens is 1. The predicted octanol–water partition coefficient (Wildman–Crippen LogP) is 3.53. The number of hydrogen-bond donors (Lipinski definition) is 1. The van der Waals surface area contributed by atoms with E-state index in [1.165, 1.54) is 4.68 Å². The van der Waals surface area contributed by atoms with Crippen LogP contribution in [-0.4, -0.2) is 27.2 Å². The lowest BCUT2D eigenvalue weighted by Crippen LogP contribution is -2.28. The Balaban J connectivity index is 1.71. The fourth-order valence-electron chi connectivity index (χ4n) is 2.41. The number of aromatic nitrogens is 3. The summed E-state index contributed by atoms with van der Waals surface area (Å²) in [7, 11) is 1.72. The maximum absolute atomic E-state index is 12.3. The van der Waals surface area contributed by atoms with Crippen molar-refractivity contribution in [2.45, 2.75) is 19.8 Å². The van der Waals surface area contributed by atoms with E-state index in [0.717, 1.165) is 15.2 Å². The zero-order chi connectivity index (χ0) is 16.6. The molecule has 0 aliphatic heterocycles. The van der Waals surface area contributed by atoms with Crippen LogP contribution in [0.25, 0.3) is 10.2 Å². The lowest BCUT2D eigenvalue weighted by Gasteiger charge is -2.10. The molecule has 7 heteroatoms. The Kier molecular flexibility index (Phi) is 4.37. The summed E-state index contributed by atoms with van der Waals surface area (Å²) in [6.45, 7) is 4.33. The maximum Gasteiger partial charge on any atom is 0.256 e. The van der Waals surface area contributed by atoms with Gasteiger partial charge in [-0.2, -0.15) is 5.10 Å². The second kappa shape index (κ2) is 6.29. The van der Waals surface area contributed by atoms with E-state index in [0.29, 0.717) is 23.0 Å². The quantitative estimate of drug-likeness (QED) is 0.784. The molecule has 0 aliphatic carbocycles. The molecule has 1 aromatic carbocycles. The van der Waals surface area contributed by atoms with E-state index in [4.69, 9.17) is 11.6 Å². The Morgan fingerprint density at radius 1 is 1.43 bits per heavy atom. The highest BCUT2D eigenvalue weighted by Crippen LogP contribution is 2.27. The lowest BCUT2D eigenvalue weighted by molar-refractivity contribution is 0.0951. The monoisotopic (exact) mass is 348 g/mol. The number of benzene rings is 1. The summed E-state index contributed by atoms with van der Waals surface area (Å²) in [6.07, 6.45) is 0. The second-order valence-corrected chi connectivity index (χ2v) is 6.93. The van der Waals surface area contributed by atoms with Crippen LogP contribution < -0.4 is 5.32 Å². The highest BCUT2D eigenvalue weighted by Gasteiger charge is 2.20. The average Bonchev–Trinajstić information content (AvgIpc) is 3.06. The van der Waals surface area contributed by atoms with Gasteiger partial charge >= 0.3 is 0 Å². The molecule has 2 aromatic heterocycles. The van der Waals surface area contributed by atoms with Crippen molar-refractivity contribution in [3.8, 4) is 0 Å². The first kappa shape index (κ1) is 16.0. The molecule has 0 bridgehead atoms. The number of hydrogen-bond acceptors (Lipinski definition) is 4. The van der Waals surface area contributed by atoms with Gasteiger partial charge < -0.3 is 5.32 Å². The highest BCUT2D eigenvalue weighted by molar-refractivity contribution is 7.18. The molecule has 0 radical (unpaired) electrons. The molecule has 120 valence electrons. The molecule has 0 spiro atoms. The summed E-state index contributed by atoms with van der Waals surface area (Å²) >= 11 is 7.78. The van der Waals surface area contributed by atoms with Gasteiger partial charge in [-0.3, -0.25) is 9.48 Å². The van der Waals surface area contributed by atoms with Crippen LogP contribution in [0.4, 0.5) is 0 Å². The standard InChI is InChI=1S/C16H17ClN4OS/c1-9(16-19-11-6-4-5-7-12(11)23-16)8-18-15(22)13-10(2)20-21(3)14(13)17/h4-7,9H,8H2,1-3H3,(H,18,22). The van der Waals surface area contributed by atoms with Crippen molar-refractivity contribution in [3.05, 3.63) is 45.7 Å². The van der Waals surface area contributed by atoms with Crippen molar-refractivity contribution in [3.63, 3.8) is 0 Å². The summed E-state index contributed by atoms with van der Waals surface area (Å²) in [5.41, 5.74) is 2.06. The number of para-hydroxylation sites is 1. The van der Waals surface area contributed by atoms with Crippen molar-refractivity contribution in [2.24, 2.45) is 7.05 Å². The average molecular weight is 349 g/mol. The van der Waals surface area contributed by atoms with Crippen LogP contribution in [-0.2, 0) is 7.05 Å². The van der Waals surface area contributed by atoms with Gasteiger partial charge in [-0.15, -0.1) is 11.3 Å². The van der Waals surface area contributed by atoms with E-state index in [-0.39, 0.29) is 11.8 Å². The summed E-state index contributed by atoms with van der Waals surface area (Å²) in [5, 5.41) is 8.45. The van der Waals surface area contributed by atoms with Crippen LogP contribution in [0.5, 0.6) is 0 Å². The van der Waals surface area contributed by atoms with Crippen molar-refractivity contribution in [2.75, 3.05) is 6.54 Å². The highest BCUT2D eigenvalue weighted by atomic mass is 35.5. The molecular weight excluding hydrogens is 332 g/mol. The van der Waals surface area contributed by atoms with Gasteiger partial charge in [-0.05, 0) is 19.1 Å². The van der Waals surface area contributed by atoms with Gasteiger partial charge in [0.1, 0.15) is 5.15 Å². The summed E-state index contributed by atoms with van der Waals surface area (Å²) in [6, 6.07) is 8.04. The minimum atomic E-state index is -0.200. The Bertz CT molecular complexity index is 837.